The molecular formula is C20H22ClFN2O. The molecule has 1 heterocycles. The molecule has 1 aliphatic heterocycles. The second-order valence-electron chi connectivity index (χ2n) is 6.90. The van der Waals surface area contributed by atoms with Crippen LogP contribution in [0.2, 0.25) is 5.02 Å². The fraction of sp³-hybridized carbons (Fsp3) is 0.350. The summed E-state index contributed by atoms with van der Waals surface area (Å²) < 4.78 is 14.7. The number of fused-ring (bicyclic) bond motifs is 1. The Morgan fingerprint density at radius 3 is 2.64 bits per heavy atom. The summed E-state index contributed by atoms with van der Waals surface area (Å²) in [4.78, 5) is 14.8. The molecule has 3 rings (SSSR count). The van der Waals surface area contributed by atoms with Crippen molar-refractivity contribution >= 4 is 23.2 Å². The fourth-order valence-corrected chi connectivity index (χ4v) is 3.72. The number of carbonyl (C=O) groups excluding carboxylic acids is 1. The SMILES string of the molecule is CNCC[C@H](c1cccc(Cl)c1)N1C(=O)C(C)(C)c2cccc(F)c21. The van der Waals surface area contributed by atoms with Crippen molar-refractivity contribution in [3.63, 3.8) is 0 Å². The molecule has 0 unspecified atom stereocenters. The number of benzene rings is 2. The van der Waals surface area contributed by atoms with Crippen molar-refractivity contribution in [1.82, 2.24) is 5.32 Å². The van der Waals surface area contributed by atoms with E-state index in [1.54, 1.807) is 17.0 Å². The number of nitrogens with zero attached hydrogens (tertiary/aromatic N) is 1. The van der Waals surface area contributed by atoms with Gasteiger partial charge >= 0.3 is 0 Å². The molecule has 0 spiro atoms. The molecule has 2 aromatic carbocycles. The first-order valence-electron chi connectivity index (χ1n) is 8.40. The highest BCUT2D eigenvalue weighted by Crippen LogP contribution is 2.47. The molecule has 2 aromatic rings. The van der Waals surface area contributed by atoms with E-state index in [4.69, 9.17) is 11.6 Å². The number of carbonyl (C=O) groups is 1. The Labute approximate surface area is 152 Å². The number of nitrogens with one attached hydrogen (secondary N) is 1. The summed E-state index contributed by atoms with van der Waals surface area (Å²) in [6, 6.07) is 12.1. The van der Waals surface area contributed by atoms with E-state index < -0.39 is 5.41 Å². The van der Waals surface area contributed by atoms with E-state index in [0.717, 1.165) is 11.1 Å². The summed E-state index contributed by atoms with van der Waals surface area (Å²) in [6.45, 7) is 4.40. The fourth-order valence-electron chi connectivity index (χ4n) is 3.52. The topological polar surface area (TPSA) is 32.3 Å². The van der Waals surface area contributed by atoms with Gasteiger partial charge in [0.15, 0.2) is 0 Å². The van der Waals surface area contributed by atoms with Gasteiger partial charge in [0.05, 0.1) is 17.1 Å². The van der Waals surface area contributed by atoms with Crippen molar-refractivity contribution < 1.29 is 9.18 Å². The van der Waals surface area contributed by atoms with Crippen molar-refractivity contribution in [3.8, 4) is 0 Å². The van der Waals surface area contributed by atoms with Gasteiger partial charge < -0.3 is 10.2 Å². The van der Waals surface area contributed by atoms with Crippen LogP contribution in [0.15, 0.2) is 42.5 Å². The van der Waals surface area contributed by atoms with Gasteiger partial charge in [-0.25, -0.2) is 4.39 Å². The van der Waals surface area contributed by atoms with E-state index in [0.29, 0.717) is 23.7 Å². The Morgan fingerprint density at radius 2 is 1.96 bits per heavy atom. The van der Waals surface area contributed by atoms with Crippen molar-refractivity contribution in [2.75, 3.05) is 18.5 Å². The normalized spacial score (nSPS) is 16.8. The van der Waals surface area contributed by atoms with Gasteiger partial charge in [0, 0.05) is 5.02 Å². The first-order chi connectivity index (χ1) is 11.9. The van der Waals surface area contributed by atoms with Gasteiger partial charge in [0.1, 0.15) is 5.82 Å². The summed E-state index contributed by atoms with van der Waals surface area (Å²) in [5.41, 5.74) is 1.27. The quantitative estimate of drug-likeness (QED) is 0.854. The Kier molecular flexibility index (Phi) is 4.85. The van der Waals surface area contributed by atoms with E-state index in [2.05, 4.69) is 5.32 Å². The number of para-hydroxylation sites is 1. The van der Waals surface area contributed by atoms with E-state index in [1.165, 1.54) is 6.07 Å². The molecule has 0 radical (unpaired) electrons. The minimum Gasteiger partial charge on any atom is -0.320 e. The summed E-state index contributed by atoms with van der Waals surface area (Å²) in [6.07, 6.45) is 0.659. The van der Waals surface area contributed by atoms with E-state index >= 15 is 0 Å². The van der Waals surface area contributed by atoms with Crippen molar-refractivity contribution in [2.45, 2.75) is 31.7 Å². The number of amides is 1. The van der Waals surface area contributed by atoms with Crippen LogP contribution in [0.4, 0.5) is 10.1 Å². The van der Waals surface area contributed by atoms with Crippen molar-refractivity contribution in [1.29, 1.82) is 0 Å². The third-order valence-electron chi connectivity index (χ3n) is 4.87. The molecule has 1 amide bonds. The Bertz CT molecular complexity index is 806. The third-order valence-corrected chi connectivity index (χ3v) is 5.10. The van der Waals surface area contributed by atoms with Crippen LogP contribution in [0.5, 0.6) is 0 Å². The van der Waals surface area contributed by atoms with Crippen LogP contribution < -0.4 is 10.2 Å². The lowest BCUT2D eigenvalue weighted by molar-refractivity contribution is -0.122. The van der Waals surface area contributed by atoms with Crippen molar-refractivity contribution in [2.24, 2.45) is 0 Å². The second kappa shape index (κ2) is 6.77. The molecule has 25 heavy (non-hydrogen) atoms. The zero-order valence-corrected chi connectivity index (χ0v) is 15.4. The van der Waals surface area contributed by atoms with Crippen molar-refractivity contribution in [3.05, 3.63) is 64.4 Å². The smallest absolute Gasteiger partial charge is 0.237 e. The minimum absolute atomic E-state index is 0.0892. The Hall–Kier alpha value is -1.91. The largest absolute Gasteiger partial charge is 0.320 e. The molecule has 0 saturated heterocycles. The van der Waals surface area contributed by atoms with Crippen LogP contribution in [-0.2, 0) is 10.2 Å². The molecule has 132 valence electrons. The van der Waals surface area contributed by atoms with Gasteiger partial charge in [-0.05, 0) is 63.2 Å². The summed E-state index contributed by atoms with van der Waals surface area (Å²) >= 11 is 6.16. The first kappa shape index (κ1) is 17.9. The molecule has 0 aliphatic carbocycles. The van der Waals surface area contributed by atoms with E-state index in [-0.39, 0.29) is 17.8 Å². The average Bonchev–Trinajstić information content (AvgIpc) is 2.78. The monoisotopic (exact) mass is 360 g/mol. The average molecular weight is 361 g/mol. The molecule has 1 atom stereocenters. The number of rotatable bonds is 5. The van der Waals surface area contributed by atoms with Crippen LogP contribution in [0.1, 0.15) is 37.4 Å². The summed E-state index contributed by atoms with van der Waals surface area (Å²) in [5.74, 6) is -0.457. The maximum atomic E-state index is 14.7. The lowest BCUT2D eigenvalue weighted by Crippen LogP contribution is -2.39. The zero-order chi connectivity index (χ0) is 18.2. The van der Waals surface area contributed by atoms with E-state index in [1.807, 2.05) is 45.2 Å². The van der Waals surface area contributed by atoms with Gasteiger partial charge in [0.25, 0.3) is 0 Å². The highest BCUT2D eigenvalue weighted by atomic mass is 35.5. The van der Waals surface area contributed by atoms with Crippen LogP contribution in [0.3, 0.4) is 0 Å². The number of anilines is 1. The lowest BCUT2D eigenvalue weighted by atomic mass is 9.86. The van der Waals surface area contributed by atoms with Gasteiger partial charge in [-0.3, -0.25) is 4.79 Å². The standard InChI is InChI=1S/C20H22ClFN2O/c1-20(2)15-8-5-9-16(22)18(15)24(19(20)25)17(10-11-23-3)13-6-4-7-14(21)12-13/h4-9,12,17,23H,10-11H2,1-3H3/t17-/m1/s1. The molecular weight excluding hydrogens is 339 g/mol. The summed E-state index contributed by atoms with van der Waals surface area (Å²) in [7, 11) is 1.86. The molecule has 1 N–H and O–H groups in total. The van der Waals surface area contributed by atoms with Crippen LogP contribution >= 0.6 is 11.6 Å². The molecule has 0 saturated carbocycles. The highest BCUT2D eigenvalue weighted by Gasteiger charge is 2.47. The zero-order valence-electron chi connectivity index (χ0n) is 14.6. The molecule has 3 nitrogen and oxygen atoms in total. The predicted molar refractivity (Wildman–Crippen MR) is 99.6 cm³/mol. The van der Waals surface area contributed by atoms with Gasteiger partial charge in [-0.15, -0.1) is 0 Å². The maximum Gasteiger partial charge on any atom is 0.237 e. The first-order valence-corrected chi connectivity index (χ1v) is 8.78. The number of hydrogen-bond acceptors (Lipinski definition) is 2. The Morgan fingerprint density at radius 1 is 1.24 bits per heavy atom. The number of hydrogen-bond donors (Lipinski definition) is 1. The number of halogens is 2. The highest BCUT2D eigenvalue weighted by molar-refractivity contribution is 6.30. The van der Waals surface area contributed by atoms with Gasteiger partial charge in [0.2, 0.25) is 5.91 Å². The molecule has 0 fully saturated rings. The molecule has 0 aromatic heterocycles. The third kappa shape index (κ3) is 3.05. The van der Waals surface area contributed by atoms with Gasteiger partial charge in [-0.2, -0.15) is 0 Å². The maximum absolute atomic E-state index is 14.7. The minimum atomic E-state index is -0.756. The lowest BCUT2D eigenvalue weighted by Gasteiger charge is -2.30. The molecule has 0 bridgehead atoms. The second-order valence-corrected chi connectivity index (χ2v) is 7.34. The van der Waals surface area contributed by atoms with Crippen LogP contribution in [-0.4, -0.2) is 19.5 Å². The molecule has 5 heteroatoms. The van der Waals surface area contributed by atoms with E-state index in [9.17, 15) is 9.18 Å². The van der Waals surface area contributed by atoms with Crippen LogP contribution in [0, 0.1) is 5.82 Å². The Balaban J connectivity index is 2.15. The molecule has 1 aliphatic rings. The summed E-state index contributed by atoms with van der Waals surface area (Å²) in [5, 5.41) is 3.72. The predicted octanol–water partition coefficient (Wildman–Crippen LogP) is 4.45. The van der Waals surface area contributed by atoms with Crippen LogP contribution in [0.25, 0.3) is 0 Å². The van der Waals surface area contributed by atoms with Gasteiger partial charge in [-0.1, -0.05) is 35.9 Å².